The molecule has 1 aliphatic rings. The fourth-order valence-electron chi connectivity index (χ4n) is 7.08. The van der Waals surface area contributed by atoms with E-state index in [9.17, 15) is 29.1 Å². The molecule has 1 aliphatic carbocycles. The number of para-hydroxylation sites is 1. The predicted octanol–water partition coefficient (Wildman–Crippen LogP) is 5.28. The summed E-state index contributed by atoms with van der Waals surface area (Å²) < 4.78 is 24.0. The van der Waals surface area contributed by atoms with Gasteiger partial charge in [-0.1, -0.05) is 66.7 Å². The maximum atomic E-state index is 13.4. The Hall–Kier alpha value is -5.97. The van der Waals surface area contributed by atoms with Crippen molar-refractivity contribution in [2.75, 3.05) is 60.2 Å². The lowest BCUT2D eigenvalue weighted by molar-refractivity contribution is -0.138. The number of alkyl carbamates (subject to hydrolysis) is 1. The molecule has 1 atom stereocenters. The van der Waals surface area contributed by atoms with Gasteiger partial charge in [-0.25, -0.2) is 19.6 Å². The molecule has 4 amide bonds. The zero-order chi connectivity index (χ0) is 43.9. The van der Waals surface area contributed by atoms with Gasteiger partial charge < -0.3 is 44.6 Å². The summed E-state index contributed by atoms with van der Waals surface area (Å²) in [7, 11) is 3.44. The summed E-state index contributed by atoms with van der Waals surface area (Å²) in [5.41, 5.74) is 5.70. The highest BCUT2D eigenvalue weighted by molar-refractivity contribution is 5.88. The van der Waals surface area contributed by atoms with E-state index in [1.807, 2.05) is 59.2 Å². The number of fused-ring (bicyclic) bond motifs is 4. The second-order valence-electron chi connectivity index (χ2n) is 15.7. The Morgan fingerprint density at radius 3 is 2.05 bits per heavy atom. The first-order chi connectivity index (χ1) is 29.2. The van der Waals surface area contributed by atoms with Crippen LogP contribution in [0.5, 0.6) is 0 Å². The van der Waals surface area contributed by atoms with E-state index in [1.54, 1.807) is 39.9 Å². The van der Waals surface area contributed by atoms with Crippen LogP contribution in [0.25, 0.3) is 22.0 Å². The Labute approximate surface area is 356 Å². The van der Waals surface area contributed by atoms with Gasteiger partial charge >= 0.3 is 18.2 Å². The minimum Gasteiger partial charge on any atom is -0.481 e. The maximum Gasteiger partial charge on any atom is 0.424 e. The fraction of sp³-hybridized carbons (Fsp3) is 0.444. The van der Waals surface area contributed by atoms with E-state index in [0.29, 0.717) is 6.54 Å². The van der Waals surface area contributed by atoms with Crippen molar-refractivity contribution in [3.05, 3.63) is 95.7 Å². The van der Waals surface area contributed by atoms with Crippen LogP contribution in [0.4, 0.5) is 9.59 Å². The van der Waals surface area contributed by atoms with Gasteiger partial charge in [0.05, 0.1) is 33.0 Å². The monoisotopic (exact) mass is 842 g/mol. The molecule has 4 aromatic rings. The van der Waals surface area contributed by atoms with Crippen LogP contribution in [0.3, 0.4) is 0 Å². The molecule has 3 aromatic carbocycles. The van der Waals surface area contributed by atoms with Gasteiger partial charge in [-0.2, -0.15) is 0 Å². The van der Waals surface area contributed by atoms with Gasteiger partial charge in [0.15, 0.2) is 0 Å². The van der Waals surface area contributed by atoms with Gasteiger partial charge in [0, 0.05) is 63.7 Å². The van der Waals surface area contributed by atoms with Crippen LogP contribution in [0.1, 0.15) is 62.8 Å². The largest absolute Gasteiger partial charge is 0.481 e. The summed E-state index contributed by atoms with van der Waals surface area (Å²) >= 11 is 0. The second-order valence-corrected chi connectivity index (χ2v) is 15.7. The molecule has 328 valence electrons. The number of ether oxygens (including phenoxy) is 4. The van der Waals surface area contributed by atoms with Crippen molar-refractivity contribution >= 4 is 40.9 Å². The van der Waals surface area contributed by atoms with E-state index in [4.69, 9.17) is 18.9 Å². The highest BCUT2D eigenvalue weighted by Gasteiger charge is 2.30. The molecule has 1 aromatic heterocycles. The third-order valence-electron chi connectivity index (χ3n) is 10.1. The minimum atomic E-state index is -1.09. The molecule has 61 heavy (non-hydrogen) atoms. The Kier molecular flexibility index (Phi) is 16.7. The number of hydrazine groups is 1. The van der Waals surface area contributed by atoms with Crippen molar-refractivity contribution in [3.63, 3.8) is 0 Å². The number of rotatable bonds is 22. The number of nitrogens with zero attached hydrogens (tertiary/aromatic N) is 3. The number of aryl methyl sites for hydroxylation is 1. The molecule has 0 aliphatic heterocycles. The van der Waals surface area contributed by atoms with Crippen LogP contribution in [-0.4, -0.2) is 122 Å². The number of amides is 4. The van der Waals surface area contributed by atoms with Gasteiger partial charge in [0.2, 0.25) is 11.8 Å². The number of benzene rings is 3. The van der Waals surface area contributed by atoms with Crippen LogP contribution >= 0.6 is 0 Å². The molecule has 16 nitrogen and oxygen atoms in total. The number of carboxylic acids is 1. The molecule has 0 radical (unpaired) electrons. The molecule has 0 saturated carbocycles. The van der Waals surface area contributed by atoms with Gasteiger partial charge in [-0.05, 0) is 67.0 Å². The zero-order valence-electron chi connectivity index (χ0n) is 35.6. The van der Waals surface area contributed by atoms with Crippen molar-refractivity contribution < 1.29 is 48.0 Å². The van der Waals surface area contributed by atoms with E-state index >= 15 is 0 Å². The number of carboxylic acid groups (broad SMARTS) is 1. The average molecular weight is 843 g/mol. The molecule has 0 saturated heterocycles. The normalized spacial score (nSPS) is 12.7. The quantitative estimate of drug-likeness (QED) is 0.0595. The van der Waals surface area contributed by atoms with Crippen LogP contribution in [0.15, 0.2) is 78.9 Å². The van der Waals surface area contributed by atoms with E-state index in [-0.39, 0.29) is 77.8 Å². The van der Waals surface area contributed by atoms with Crippen LogP contribution in [-0.2, 0) is 46.4 Å². The smallest absolute Gasteiger partial charge is 0.424 e. The molecule has 0 bridgehead atoms. The van der Waals surface area contributed by atoms with E-state index in [0.717, 1.165) is 38.9 Å². The molecule has 16 heteroatoms. The van der Waals surface area contributed by atoms with Crippen molar-refractivity contribution in [1.82, 2.24) is 30.5 Å². The Morgan fingerprint density at radius 1 is 0.803 bits per heavy atom. The van der Waals surface area contributed by atoms with Crippen molar-refractivity contribution in [2.45, 2.75) is 70.7 Å². The van der Waals surface area contributed by atoms with E-state index in [1.165, 1.54) is 5.01 Å². The van der Waals surface area contributed by atoms with Crippen molar-refractivity contribution in [1.29, 1.82) is 0 Å². The summed E-state index contributed by atoms with van der Waals surface area (Å²) in [5.74, 6) is -2.11. The first-order valence-corrected chi connectivity index (χ1v) is 20.5. The van der Waals surface area contributed by atoms with Gasteiger partial charge in [0.1, 0.15) is 18.2 Å². The Bertz CT molecular complexity index is 2090. The zero-order valence-corrected chi connectivity index (χ0v) is 35.6. The summed E-state index contributed by atoms with van der Waals surface area (Å²) in [4.78, 5) is 62.9. The fourth-order valence-corrected chi connectivity index (χ4v) is 7.08. The van der Waals surface area contributed by atoms with Crippen molar-refractivity contribution in [2.24, 2.45) is 0 Å². The minimum absolute atomic E-state index is 0.00482. The first kappa shape index (κ1) is 46.1. The molecular formula is C45H58N6O10. The van der Waals surface area contributed by atoms with Gasteiger partial charge in [0.25, 0.3) is 0 Å². The second kappa shape index (κ2) is 22.0. The van der Waals surface area contributed by atoms with Crippen LogP contribution < -0.4 is 16.0 Å². The number of carbonyl (C=O) groups excluding carboxylic acids is 4. The molecule has 4 N–H and O–H groups in total. The number of aromatic nitrogens is 1. The van der Waals surface area contributed by atoms with Crippen LogP contribution in [0.2, 0.25) is 0 Å². The third kappa shape index (κ3) is 13.5. The maximum absolute atomic E-state index is 13.4. The summed E-state index contributed by atoms with van der Waals surface area (Å²) in [6.45, 7) is 7.46. The highest BCUT2D eigenvalue weighted by atomic mass is 16.6. The molecule has 0 spiro atoms. The predicted molar refractivity (Wildman–Crippen MR) is 229 cm³/mol. The van der Waals surface area contributed by atoms with E-state index < -0.39 is 41.6 Å². The molecule has 5 rings (SSSR count). The summed E-state index contributed by atoms with van der Waals surface area (Å²) in [6.07, 6.45) is -1.43. The number of carbonyl (C=O) groups is 5. The standard InChI is InChI=1S/C45H58N6O10/c1-45(2,3)61-43(56)47-22-25-59-27-26-58-24-21-46-42(55)38(18-19-41(53)54)48-40(52)20-23-51-32(28-31-12-6-11-17-39(31)51)29-49(4)50(5)44(57)60-30-37-35-15-9-7-13-33(35)34-14-8-10-16-36(34)37/h6-17,28,37-38H,18-27,29-30H2,1-5H3,(H,46,55)(H,47,56)(H,48,52)(H,53,54). The van der Waals surface area contributed by atoms with Crippen molar-refractivity contribution in [3.8, 4) is 11.1 Å². The molecule has 1 unspecified atom stereocenters. The topological polar surface area (TPSA) is 190 Å². The lowest BCUT2D eigenvalue weighted by atomic mass is 9.98. The molecule has 1 heterocycles. The molecular weight excluding hydrogens is 785 g/mol. The Morgan fingerprint density at radius 2 is 1.41 bits per heavy atom. The van der Waals surface area contributed by atoms with Gasteiger partial charge in [-0.3, -0.25) is 14.4 Å². The summed E-state index contributed by atoms with van der Waals surface area (Å²) in [5, 5.41) is 21.5. The Balaban J connectivity index is 1.09. The lowest BCUT2D eigenvalue weighted by Crippen LogP contribution is -2.47. The first-order valence-electron chi connectivity index (χ1n) is 20.5. The summed E-state index contributed by atoms with van der Waals surface area (Å²) in [6, 6.07) is 25.0. The lowest BCUT2D eigenvalue weighted by Gasteiger charge is -2.28. The highest BCUT2D eigenvalue weighted by Crippen LogP contribution is 2.44. The third-order valence-corrected chi connectivity index (χ3v) is 10.1. The van der Waals surface area contributed by atoms with Crippen LogP contribution in [0, 0.1) is 0 Å². The van der Waals surface area contributed by atoms with Gasteiger partial charge in [-0.15, -0.1) is 0 Å². The number of aliphatic carboxylic acids is 1. The number of hydrogen-bond acceptors (Lipinski definition) is 10. The SMILES string of the molecule is CN(Cc1cc2ccccc2n1CCC(=O)NC(CCC(=O)O)C(=O)NCCOCCOCCNC(=O)OC(C)(C)C)N(C)C(=O)OCC1c2ccccc2-c2ccccc21. The number of hydrogen-bond donors (Lipinski definition) is 4. The molecule has 0 fully saturated rings. The van der Waals surface area contributed by atoms with E-state index in [2.05, 4.69) is 40.2 Å². The average Bonchev–Trinajstić information content (AvgIpc) is 3.74. The number of nitrogens with one attached hydrogen (secondary N) is 3.